The zero-order chi connectivity index (χ0) is 27.3. The Balaban J connectivity index is 0.00000337. The average Bonchev–Trinajstić information content (AvgIpc) is 3.02. The SMILES string of the molecule is CC(c1ccccc1)c1cccc(O)c1-c1cccc(-c2[c-]c(N(c3ccccc3)c3ccccn3)ccc2)n1.[Pt]. The third-order valence-corrected chi connectivity index (χ3v) is 7.04. The zero-order valence-electron chi connectivity index (χ0n) is 22.5. The van der Waals surface area contributed by atoms with E-state index in [1.165, 1.54) is 5.56 Å². The molecule has 2 aromatic heterocycles. The first-order valence-corrected chi connectivity index (χ1v) is 13.3. The van der Waals surface area contributed by atoms with Gasteiger partial charge in [-0.05, 0) is 58.9 Å². The molecule has 0 aliphatic rings. The molecule has 0 saturated carbocycles. The molecule has 5 heteroatoms. The second kappa shape index (κ2) is 12.8. The Morgan fingerprint density at radius 1 is 0.683 bits per heavy atom. The van der Waals surface area contributed by atoms with Crippen molar-refractivity contribution in [2.45, 2.75) is 12.8 Å². The molecule has 0 bridgehead atoms. The van der Waals surface area contributed by atoms with Crippen molar-refractivity contribution in [2.75, 3.05) is 4.90 Å². The standard InChI is InChI=1S/C36H28N3O.Pt/c1-26(27-13-4-2-5-14-27)31-19-11-22-34(40)36(31)33-21-12-20-32(38-33)28-15-10-18-30(25-28)39(29-16-6-3-7-17-29)35-23-8-9-24-37-35;/h2-24,26,40H,1H3;/q-1;. The van der Waals surface area contributed by atoms with Gasteiger partial charge in [-0.1, -0.05) is 85.8 Å². The van der Waals surface area contributed by atoms with Crippen LogP contribution in [0.1, 0.15) is 24.0 Å². The predicted molar refractivity (Wildman–Crippen MR) is 162 cm³/mol. The van der Waals surface area contributed by atoms with Crippen LogP contribution in [0.5, 0.6) is 5.75 Å². The van der Waals surface area contributed by atoms with Gasteiger partial charge in [0.2, 0.25) is 0 Å². The molecule has 6 aromatic rings. The summed E-state index contributed by atoms with van der Waals surface area (Å²) < 4.78 is 0. The maximum absolute atomic E-state index is 11.0. The van der Waals surface area contributed by atoms with E-state index in [-0.39, 0.29) is 32.7 Å². The summed E-state index contributed by atoms with van der Waals surface area (Å²) in [5, 5.41) is 11.0. The fourth-order valence-corrected chi connectivity index (χ4v) is 5.04. The first kappa shape index (κ1) is 28.0. The van der Waals surface area contributed by atoms with Crippen molar-refractivity contribution in [3.05, 3.63) is 157 Å². The van der Waals surface area contributed by atoms with Gasteiger partial charge in [-0.3, -0.25) is 4.98 Å². The van der Waals surface area contributed by atoms with Gasteiger partial charge in [0.15, 0.2) is 0 Å². The minimum absolute atomic E-state index is 0. The van der Waals surface area contributed by atoms with Crippen molar-refractivity contribution >= 4 is 17.2 Å². The van der Waals surface area contributed by atoms with Gasteiger partial charge >= 0.3 is 0 Å². The van der Waals surface area contributed by atoms with Crippen molar-refractivity contribution in [2.24, 2.45) is 0 Å². The van der Waals surface area contributed by atoms with Crippen molar-refractivity contribution in [1.82, 2.24) is 9.97 Å². The molecule has 204 valence electrons. The van der Waals surface area contributed by atoms with E-state index in [0.717, 1.165) is 45.3 Å². The maximum Gasteiger partial charge on any atom is 0.136 e. The molecule has 4 nitrogen and oxygen atoms in total. The van der Waals surface area contributed by atoms with Crippen LogP contribution >= 0.6 is 0 Å². The van der Waals surface area contributed by atoms with Crippen molar-refractivity contribution in [3.8, 4) is 28.3 Å². The van der Waals surface area contributed by atoms with E-state index in [1.54, 1.807) is 12.3 Å². The summed E-state index contributed by atoms with van der Waals surface area (Å²) >= 11 is 0. The molecule has 0 fully saturated rings. The summed E-state index contributed by atoms with van der Waals surface area (Å²) in [6.07, 6.45) is 1.79. The summed E-state index contributed by atoms with van der Waals surface area (Å²) in [5.41, 5.74) is 7.15. The number of nitrogens with zero attached hydrogens (tertiary/aromatic N) is 3. The molecular weight excluding hydrogens is 685 g/mol. The topological polar surface area (TPSA) is 49.2 Å². The van der Waals surface area contributed by atoms with E-state index in [0.29, 0.717) is 0 Å². The van der Waals surface area contributed by atoms with Crippen molar-refractivity contribution < 1.29 is 26.2 Å². The molecule has 41 heavy (non-hydrogen) atoms. The van der Waals surface area contributed by atoms with E-state index in [9.17, 15) is 5.11 Å². The average molecular weight is 714 g/mol. The van der Waals surface area contributed by atoms with E-state index in [2.05, 4.69) is 53.2 Å². The van der Waals surface area contributed by atoms with Crippen LogP contribution in [0.25, 0.3) is 22.5 Å². The van der Waals surface area contributed by atoms with Gasteiger partial charge in [-0.2, -0.15) is 0 Å². The van der Waals surface area contributed by atoms with E-state index in [4.69, 9.17) is 4.98 Å². The smallest absolute Gasteiger partial charge is 0.136 e. The monoisotopic (exact) mass is 713 g/mol. The summed E-state index contributed by atoms with van der Waals surface area (Å²) in [4.78, 5) is 11.7. The second-order valence-electron chi connectivity index (χ2n) is 9.59. The second-order valence-corrected chi connectivity index (χ2v) is 9.59. The quantitative estimate of drug-likeness (QED) is 0.168. The number of anilines is 3. The number of rotatable bonds is 7. The Morgan fingerprint density at radius 3 is 2.12 bits per heavy atom. The Labute approximate surface area is 255 Å². The van der Waals surface area contributed by atoms with Crippen LogP contribution in [-0.2, 0) is 21.1 Å². The van der Waals surface area contributed by atoms with Crippen molar-refractivity contribution in [3.63, 3.8) is 0 Å². The number of phenolic OH excluding ortho intramolecular Hbond substituents is 1. The molecule has 4 aromatic carbocycles. The Kier molecular flexibility index (Phi) is 8.72. The molecule has 0 radical (unpaired) electrons. The normalized spacial score (nSPS) is 11.3. The molecule has 1 unspecified atom stereocenters. The predicted octanol–water partition coefficient (Wildman–Crippen LogP) is 8.94. The van der Waals surface area contributed by atoms with Crippen LogP contribution in [0.3, 0.4) is 0 Å². The molecule has 0 aliphatic carbocycles. The number of hydrogen-bond acceptors (Lipinski definition) is 4. The fraction of sp³-hybridized carbons (Fsp3) is 0.0556. The van der Waals surface area contributed by atoms with Crippen molar-refractivity contribution in [1.29, 1.82) is 0 Å². The number of hydrogen-bond donors (Lipinski definition) is 1. The minimum Gasteiger partial charge on any atom is -0.507 e. The molecule has 0 amide bonds. The summed E-state index contributed by atoms with van der Waals surface area (Å²) in [6, 6.07) is 47.6. The number of para-hydroxylation sites is 1. The van der Waals surface area contributed by atoms with Crippen LogP contribution in [0, 0.1) is 6.07 Å². The van der Waals surface area contributed by atoms with Gasteiger partial charge in [-0.15, -0.1) is 29.8 Å². The molecule has 0 saturated heterocycles. The largest absolute Gasteiger partial charge is 0.507 e. The Morgan fingerprint density at radius 2 is 1.37 bits per heavy atom. The molecule has 2 heterocycles. The third-order valence-electron chi connectivity index (χ3n) is 7.04. The molecule has 1 atom stereocenters. The third kappa shape index (κ3) is 5.99. The molecule has 0 aliphatic heterocycles. The van der Waals surface area contributed by atoms with Gasteiger partial charge in [0.05, 0.1) is 5.69 Å². The Bertz CT molecular complexity index is 1690. The minimum atomic E-state index is 0. The summed E-state index contributed by atoms with van der Waals surface area (Å²) in [7, 11) is 0. The molecule has 0 spiro atoms. The first-order chi connectivity index (χ1) is 19.7. The number of benzene rings is 4. The van der Waals surface area contributed by atoms with Gasteiger partial charge in [0.25, 0.3) is 0 Å². The zero-order valence-corrected chi connectivity index (χ0v) is 24.7. The van der Waals surface area contributed by atoms with E-state index >= 15 is 0 Å². The van der Waals surface area contributed by atoms with Gasteiger partial charge in [0, 0.05) is 44.4 Å². The summed E-state index contributed by atoms with van der Waals surface area (Å²) in [5.74, 6) is 1.10. The van der Waals surface area contributed by atoms with Crippen LogP contribution in [0.4, 0.5) is 17.2 Å². The molecule has 6 rings (SSSR count). The summed E-state index contributed by atoms with van der Waals surface area (Å²) in [6.45, 7) is 2.16. The number of aromatic nitrogens is 2. The van der Waals surface area contributed by atoms with Gasteiger partial charge in [0.1, 0.15) is 11.6 Å². The van der Waals surface area contributed by atoms with Crippen LogP contribution in [-0.4, -0.2) is 15.1 Å². The first-order valence-electron chi connectivity index (χ1n) is 13.3. The number of aromatic hydroxyl groups is 1. The Hall–Kier alpha value is -4.53. The fourth-order valence-electron chi connectivity index (χ4n) is 5.04. The number of pyridine rings is 2. The molecule has 1 N–H and O–H groups in total. The number of phenols is 1. The molecular formula is C36H28N3OPt-. The van der Waals surface area contributed by atoms with E-state index in [1.807, 2.05) is 97.1 Å². The van der Waals surface area contributed by atoms with Crippen LogP contribution in [0.2, 0.25) is 0 Å². The van der Waals surface area contributed by atoms with Gasteiger partial charge < -0.3 is 10.0 Å². The maximum atomic E-state index is 11.0. The van der Waals surface area contributed by atoms with Crippen LogP contribution < -0.4 is 4.90 Å². The van der Waals surface area contributed by atoms with Gasteiger partial charge in [-0.25, -0.2) is 4.98 Å². The van der Waals surface area contributed by atoms with Crippen LogP contribution in [0.15, 0.2) is 140 Å². The van der Waals surface area contributed by atoms with E-state index < -0.39 is 0 Å².